The van der Waals surface area contributed by atoms with Gasteiger partial charge in [-0.05, 0) is 35.7 Å². The van der Waals surface area contributed by atoms with Gasteiger partial charge in [0.1, 0.15) is 11.8 Å². The second kappa shape index (κ2) is 12.8. The summed E-state index contributed by atoms with van der Waals surface area (Å²) in [5, 5.41) is 2.75. The first kappa shape index (κ1) is 25.4. The molecule has 0 aliphatic carbocycles. The molecule has 0 aliphatic rings. The number of benzene rings is 3. The summed E-state index contributed by atoms with van der Waals surface area (Å²) < 4.78 is 5.36. The van der Waals surface area contributed by atoms with Crippen molar-refractivity contribution in [2.75, 3.05) is 19.9 Å². The SMILES string of the molecule is CNC(=O)C(Cc1ccccc1)N(Cc1cccc(OC)c1)C(=O)CSCc1cccc(C)c1. The minimum absolute atomic E-state index is 0.0648. The number of nitrogens with one attached hydrogen (secondary N) is 1. The quantitative estimate of drug-likeness (QED) is 0.439. The molecule has 0 saturated carbocycles. The molecule has 3 aromatic carbocycles. The molecule has 1 N–H and O–H groups in total. The molecule has 6 heteroatoms. The van der Waals surface area contributed by atoms with Crippen LogP contribution in [0.5, 0.6) is 5.75 Å². The van der Waals surface area contributed by atoms with Gasteiger partial charge in [-0.15, -0.1) is 11.8 Å². The fraction of sp³-hybridized carbons (Fsp3) is 0.286. The average molecular weight is 477 g/mol. The van der Waals surface area contributed by atoms with Crippen molar-refractivity contribution in [3.63, 3.8) is 0 Å². The molecule has 34 heavy (non-hydrogen) atoms. The number of rotatable bonds is 11. The van der Waals surface area contributed by atoms with Gasteiger partial charge in [-0.3, -0.25) is 9.59 Å². The topological polar surface area (TPSA) is 58.6 Å². The van der Waals surface area contributed by atoms with E-state index < -0.39 is 6.04 Å². The van der Waals surface area contributed by atoms with Crippen molar-refractivity contribution in [2.45, 2.75) is 31.7 Å². The van der Waals surface area contributed by atoms with E-state index in [0.717, 1.165) is 22.6 Å². The smallest absolute Gasteiger partial charge is 0.242 e. The molecule has 0 spiro atoms. The van der Waals surface area contributed by atoms with Crippen molar-refractivity contribution in [3.8, 4) is 5.75 Å². The van der Waals surface area contributed by atoms with E-state index in [4.69, 9.17) is 4.74 Å². The Morgan fingerprint density at radius 2 is 1.65 bits per heavy atom. The molecule has 5 nitrogen and oxygen atoms in total. The first-order valence-electron chi connectivity index (χ1n) is 11.3. The molecular formula is C28H32N2O3S. The molecule has 1 atom stereocenters. The second-order valence-corrected chi connectivity index (χ2v) is 9.16. The van der Waals surface area contributed by atoms with Gasteiger partial charge in [0.25, 0.3) is 0 Å². The summed E-state index contributed by atoms with van der Waals surface area (Å²) in [4.78, 5) is 28.2. The summed E-state index contributed by atoms with van der Waals surface area (Å²) in [6.45, 7) is 2.39. The third-order valence-electron chi connectivity index (χ3n) is 5.58. The van der Waals surface area contributed by atoms with Gasteiger partial charge in [0, 0.05) is 25.8 Å². The van der Waals surface area contributed by atoms with E-state index in [1.54, 1.807) is 30.8 Å². The van der Waals surface area contributed by atoms with Crippen LogP contribution in [0.1, 0.15) is 22.3 Å². The summed E-state index contributed by atoms with van der Waals surface area (Å²) in [5.41, 5.74) is 4.31. The Bertz CT molecular complexity index is 1090. The van der Waals surface area contributed by atoms with E-state index in [9.17, 15) is 9.59 Å². The number of thioether (sulfide) groups is 1. The van der Waals surface area contributed by atoms with Crippen LogP contribution in [0.25, 0.3) is 0 Å². The van der Waals surface area contributed by atoms with Gasteiger partial charge in [-0.1, -0.05) is 72.3 Å². The van der Waals surface area contributed by atoms with Crippen molar-refractivity contribution >= 4 is 23.6 Å². The maximum absolute atomic E-state index is 13.5. The Morgan fingerprint density at radius 3 is 2.35 bits per heavy atom. The average Bonchev–Trinajstić information content (AvgIpc) is 2.86. The summed E-state index contributed by atoms with van der Waals surface area (Å²) in [6, 6.07) is 25.1. The maximum Gasteiger partial charge on any atom is 0.242 e. The Hall–Kier alpha value is -3.25. The minimum Gasteiger partial charge on any atom is -0.497 e. The number of hydrogen-bond acceptors (Lipinski definition) is 4. The summed E-state index contributed by atoms with van der Waals surface area (Å²) in [7, 11) is 3.23. The van der Waals surface area contributed by atoms with Gasteiger partial charge >= 0.3 is 0 Å². The zero-order valence-corrected chi connectivity index (χ0v) is 20.8. The van der Waals surface area contributed by atoms with Crippen LogP contribution < -0.4 is 10.1 Å². The molecule has 2 amide bonds. The van der Waals surface area contributed by atoms with Crippen molar-refractivity contribution in [1.82, 2.24) is 10.2 Å². The number of aryl methyl sites for hydroxylation is 1. The van der Waals surface area contributed by atoms with Crippen molar-refractivity contribution < 1.29 is 14.3 Å². The number of carbonyl (C=O) groups is 2. The highest BCUT2D eigenvalue weighted by molar-refractivity contribution is 7.99. The lowest BCUT2D eigenvalue weighted by atomic mass is 10.0. The Labute approximate surface area is 206 Å². The van der Waals surface area contributed by atoms with E-state index in [-0.39, 0.29) is 11.8 Å². The van der Waals surface area contributed by atoms with Crippen LogP contribution in [0.4, 0.5) is 0 Å². The van der Waals surface area contributed by atoms with E-state index >= 15 is 0 Å². The van der Waals surface area contributed by atoms with Crippen LogP contribution in [-0.4, -0.2) is 42.7 Å². The number of nitrogens with zero attached hydrogens (tertiary/aromatic N) is 1. The van der Waals surface area contributed by atoms with E-state index in [0.29, 0.717) is 18.7 Å². The van der Waals surface area contributed by atoms with Gasteiger partial charge in [0.2, 0.25) is 11.8 Å². The predicted molar refractivity (Wildman–Crippen MR) is 139 cm³/mol. The molecule has 3 rings (SSSR count). The van der Waals surface area contributed by atoms with Gasteiger partial charge < -0.3 is 15.0 Å². The van der Waals surface area contributed by atoms with Gasteiger partial charge in [0.05, 0.1) is 12.9 Å². The zero-order chi connectivity index (χ0) is 24.3. The largest absolute Gasteiger partial charge is 0.497 e. The molecule has 0 fully saturated rings. The van der Waals surface area contributed by atoms with Crippen molar-refractivity contribution in [3.05, 3.63) is 101 Å². The van der Waals surface area contributed by atoms with Gasteiger partial charge in [0.15, 0.2) is 0 Å². The minimum atomic E-state index is -0.620. The summed E-state index contributed by atoms with van der Waals surface area (Å²) in [6.07, 6.45) is 0.443. The van der Waals surface area contributed by atoms with Crippen molar-refractivity contribution in [1.29, 1.82) is 0 Å². The standard InChI is InChI=1S/C28H32N2O3S/c1-21-9-7-13-24(15-21)19-34-20-27(31)30(18-23-12-8-14-25(16-23)33-3)26(28(32)29-2)17-22-10-5-4-6-11-22/h4-16,26H,17-20H2,1-3H3,(H,29,32). The zero-order valence-electron chi connectivity index (χ0n) is 20.0. The normalized spacial score (nSPS) is 11.5. The Kier molecular flexibility index (Phi) is 9.59. The molecule has 0 bridgehead atoms. The fourth-order valence-electron chi connectivity index (χ4n) is 3.83. The van der Waals surface area contributed by atoms with Crippen LogP contribution in [-0.2, 0) is 28.3 Å². The number of methoxy groups -OCH3 is 1. The van der Waals surface area contributed by atoms with E-state index in [1.807, 2.05) is 60.7 Å². The van der Waals surface area contributed by atoms with E-state index in [2.05, 4.69) is 30.4 Å². The molecule has 0 radical (unpaired) electrons. The first-order valence-corrected chi connectivity index (χ1v) is 12.5. The monoisotopic (exact) mass is 476 g/mol. The molecule has 1 unspecified atom stereocenters. The Balaban J connectivity index is 1.82. The molecule has 3 aromatic rings. The number of carbonyl (C=O) groups excluding carboxylic acids is 2. The van der Waals surface area contributed by atoms with Crippen LogP contribution in [0.15, 0.2) is 78.9 Å². The summed E-state index contributed by atoms with van der Waals surface area (Å²) in [5.74, 6) is 1.51. The highest BCUT2D eigenvalue weighted by atomic mass is 32.2. The molecule has 178 valence electrons. The predicted octanol–water partition coefficient (Wildman–Crippen LogP) is 4.62. The highest BCUT2D eigenvalue weighted by Gasteiger charge is 2.29. The number of amides is 2. The van der Waals surface area contributed by atoms with Crippen molar-refractivity contribution in [2.24, 2.45) is 0 Å². The fourth-order valence-corrected chi connectivity index (χ4v) is 4.69. The van der Waals surface area contributed by atoms with Gasteiger partial charge in [-0.2, -0.15) is 0 Å². The van der Waals surface area contributed by atoms with Gasteiger partial charge in [-0.25, -0.2) is 0 Å². The van der Waals surface area contributed by atoms with Crippen LogP contribution >= 0.6 is 11.8 Å². The van der Waals surface area contributed by atoms with Crippen LogP contribution in [0.3, 0.4) is 0 Å². The molecule has 0 aliphatic heterocycles. The lowest BCUT2D eigenvalue weighted by molar-refractivity contribution is -0.139. The lowest BCUT2D eigenvalue weighted by Gasteiger charge is -2.31. The lowest BCUT2D eigenvalue weighted by Crippen LogP contribution is -2.50. The number of hydrogen-bond donors (Lipinski definition) is 1. The second-order valence-electron chi connectivity index (χ2n) is 8.17. The van der Waals surface area contributed by atoms with Crippen LogP contribution in [0, 0.1) is 6.92 Å². The number of ether oxygens (including phenoxy) is 1. The molecule has 0 saturated heterocycles. The van der Waals surface area contributed by atoms with Crippen LogP contribution in [0.2, 0.25) is 0 Å². The maximum atomic E-state index is 13.5. The third-order valence-corrected chi connectivity index (χ3v) is 6.57. The molecule has 0 aromatic heterocycles. The first-order chi connectivity index (χ1) is 16.5. The number of likely N-dealkylation sites (N-methyl/N-ethyl adjacent to an activating group) is 1. The summed E-state index contributed by atoms with van der Waals surface area (Å²) >= 11 is 1.57. The Morgan fingerprint density at radius 1 is 0.941 bits per heavy atom. The van der Waals surface area contributed by atoms with E-state index in [1.165, 1.54) is 11.1 Å². The molecular weight excluding hydrogens is 444 g/mol. The molecule has 0 heterocycles. The highest BCUT2D eigenvalue weighted by Crippen LogP contribution is 2.20. The third kappa shape index (κ3) is 7.39.